The van der Waals surface area contributed by atoms with Crippen LogP contribution in [0, 0.1) is 0 Å². The van der Waals surface area contributed by atoms with Crippen molar-refractivity contribution in [2.45, 2.75) is 44.8 Å². The van der Waals surface area contributed by atoms with E-state index < -0.39 is 35.8 Å². The van der Waals surface area contributed by atoms with Crippen LogP contribution >= 0.6 is 0 Å². The molecule has 0 aromatic heterocycles. The Balaban J connectivity index is 4.19. The zero-order valence-electron chi connectivity index (χ0n) is 12.8. The summed E-state index contributed by atoms with van der Waals surface area (Å²) in [4.78, 5) is 38.2. The largest absolute Gasteiger partial charge is 0.370 e. The summed E-state index contributed by atoms with van der Waals surface area (Å²) in [6.07, 6.45) is 0.903. The lowest BCUT2D eigenvalue weighted by Gasteiger charge is -2.18. The predicted octanol–water partition coefficient (Wildman–Crippen LogP) is -3.14. The number of guanidine groups is 1. The first-order valence-corrected chi connectivity index (χ1v) is 6.86. The number of rotatable bonds is 9. The highest BCUT2D eigenvalue weighted by atomic mass is 16.2. The average molecular weight is 315 g/mol. The van der Waals surface area contributed by atoms with Gasteiger partial charge in [-0.15, -0.1) is 0 Å². The molecular formula is C12H25N7O3. The normalized spacial score (nSPS) is 14.3. The number of amides is 3. The second-order valence-corrected chi connectivity index (χ2v) is 4.92. The van der Waals surface area contributed by atoms with Crippen LogP contribution in [0.5, 0.6) is 0 Å². The first-order chi connectivity index (χ1) is 10.1. The van der Waals surface area contributed by atoms with E-state index >= 15 is 0 Å². The van der Waals surface area contributed by atoms with Crippen LogP contribution in [0.3, 0.4) is 0 Å². The molecular weight excluding hydrogens is 290 g/mol. The van der Waals surface area contributed by atoms with Gasteiger partial charge in [0.2, 0.25) is 17.7 Å². The summed E-state index contributed by atoms with van der Waals surface area (Å²) in [5, 5.41) is 4.83. The minimum Gasteiger partial charge on any atom is -0.370 e. The molecule has 0 aromatic rings. The molecule has 0 unspecified atom stereocenters. The highest BCUT2D eigenvalue weighted by molar-refractivity contribution is 5.92. The van der Waals surface area contributed by atoms with Gasteiger partial charge in [-0.05, 0) is 26.7 Å². The summed E-state index contributed by atoms with van der Waals surface area (Å²) in [6, 6.07) is -2.43. The molecule has 3 amide bonds. The van der Waals surface area contributed by atoms with E-state index in [9.17, 15) is 14.4 Å². The fourth-order valence-electron chi connectivity index (χ4n) is 1.45. The van der Waals surface area contributed by atoms with Crippen LogP contribution in [0.25, 0.3) is 0 Å². The number of carbonyl (C=O) groups excluding carboxylic acids is 3. The van der Waals surface area contributed by atoms with E-state index in [1.807, 2.05) is 0 Å². The number of nitrogens with one attached hydrogen (secondary N) is 2. The Morgan fingerprint density at radius 3 is 2.05 bits per heavy atom. The van der Waals surface area contributed by atoms with Crippen molar-refractivity contribution >= 4 is 23.7 Å². The SMILES string of the molecule is C[C@H](NC(=O)[C@H](C)NC(=O)[C@@H](N)CCCN=C(N)N)C(N)=O. The number of nitrogens with two attached hydrogens (primary N) is 4. The smallest absolute Gasteiger partial charge is 0.242 e. The van der Waals surface area contributed by atoms with Crippen LogP contribution < -0.4 is 33.6 Å². The maximum Gasteiger partial charge on any atom is 0.242 e. The molecule has 0 radical (unpaired) electrons. The summed E-state index contributed by atoms with van der Waals surface area (Å²) in [5.41, 5.74) is 21.1. The van der Waals surface area contributed by atoms with Crippen LogP contribution in [-0.4, -0.2) is 48.4 Å². The molecule has 0 heterocycles. The van der Waals surface area contributed by atoms with E-state index in [2.05, 4.69) is 15.6 Å². The molecule has 22 heavy (non-hydrogen) atoms. The van der Waals surface area contributed by atoms with Crippen molar-refractivity contribution < 1.29 is 14.4 Å². The average Bonchev–Trinajstić information content (AvgIpc) is 2.42. The Labute approximate surface area is 129 Å². The van der Waals surface area contributed by atoms with Crippen molar-refractivity contribution in [3.05, 3.63) is 0 Å². The number of hydrogen-bond acceptors (Lipinski definition) is 5. The Kier molecular flexibility index (Phi) is 8.53. The maximum absolute atomic E-state index is 11.8. The van der Waals surface area contributed by atoms with Gasteiger partial charge in [-0.25, -0.2) is 0 Å². The summed E-state index contributed by atoms with van der Waals surface area (Å²) >= 11 is 0. The van der Waals surface area contributed by atoms with Gasteiger partial charge in [-0.1, -0.05) is 0 Å². The number of hydrogen-bond donors (Lipinski definition) is 6. The van der Waals surface area contributed by atoms with E-state index in [0.29, 0.717) is 19.4 Å². The van der Waals surface area contributed by atoms with Gasteiger partial charge < -0.3 is 33.6 Å². The lowest BCUT2D eigenvalue weighted by Crippen LogP contribution is -2.53. The third-order valence-electron chi connectivity index (χ3n) is 2.84. The topological polar surface area (TPSA) is 192 Å². The molecule has 0 bridgehead atoms. The van der Waals surface area contributed by atoms with E-state index in [1.54, 1.807) is 0 Å². The van der Waals surface area contributed by atoms with Crippen LogP contribution in [0.1, 0.15) is 26.7 Å². The van der Waals surface area contributed by atoms with E-state index in [1.165, 1.54) is 13.8 Å². The van der Waals surface area contributed by atoms with Gasteiger partial charge in [-0.2, -0.15) is 0 Å². The molecule has 0 aromatic carbocycles. The minimum absolute atomic E-state index is 0.0214. The molecule has 0 aliphatic carbocycles. The molecule has 10 N–H and O–H groups in total. The van der Waals surface area contributed by atoms with Gasteiger partial charge in [0.25, 0.3) is 0 Å². The molecule has 0 saturated carbocycles. The van der Waals surface area contributed by atoms with Crippen molar-refractivity contribution in [3.8, 4) is 0 Å². The molecule has 0 saturated heterocycles. The molecule has 0 spiro atoms. The predicted molar refractivity (Wildman–Crippen MR) is 82.3 cm³/mol. The van der Waals surface area contributed by atoms with Crippen molar-refractivity contribution in [1.29, 1.82) is 0 Å². The van der Waals surface area contributed by atoms with Gasteiger partial charge in [0.15, 0.2) is 5.96 Å². The summed E-state index contributed by atoms with van der Waals surface area (Å²) in [7, 11) is 0. The lowest BCUT2D eigenvalue weighted by atomic mass is 10.1. The fourth-order valence-corrected chi connectivity index (χ4v) is 1.45. The van der Waals surface area contributed by atoms with Gasteiger partial charge in [-0.3, -0.25) is 19.4 Å². The second-order valence-electron chi connectivity index (χ2n) is 4.92. The third-order valence-corrected chi connectivity index (χ3v) is 2.84. The first kappa shape index (κ1) is 19.6. The first-order valence-electron chi connectivity index (χ1n) is 6.86. The molecule has 0 aliphatic rings. The Hall–Kier alpha value is -2.36. The Bertz CT molecular complexity index is 434. The van der Waals surface area contributed by atoms with Crippen LogP contribution in [-0.2, 0) is 14.4 Å². The molecule has 0 aliphatic heterocycles. The van der Waals surface area contributed by atoms with Crippen LogP contribution in [0.2, 0.25) is 0 Å². The molecule has 0 rings (SSSR count). The van der Waals surface area contributed by atoms with E-state index in [0.717, 1.165) is 0 Å². The van der Waals surface area contributed by atoms with Crippen molar-refractivity contribution in [2.24, 2.45) is 27.9 Å². The van der Waals surface area contributed by atoms with Crippen molar-refractivity contribution in [2.75, 3.05) is 6.54 Å². The zero-order valence-corrected chi connectivity index (χ0v) is 12.8. The van der Waals surface area contributed by atoms with Gasteiger partial charge in [0.1, 0.15) is 12.1 Å². The monoisotopic (exact) mass is 315 g/mol. The summed E-state index contributed by atoms with van der Waals surface area (Å²) < 4.78 is 0. The van der Waals surface area contributed by atoms with E-state index in [4.69, 9.17) is 22.9 Å². The highest BCUT2D eigenvalue weighted by Crippen LogP contribution is 1.97. The molecule has 126 valence electrons. The molecule has 0 fully saturated rings. The Morgan fingerprint density at radius 1 is 1.00 bits per heavy atom. The minimum atomic E-state index is -0.835. The standard InChI is InChI=1S/C12H25N7O3/c1-6(9(14)20)18-10(21)7(2)19-11(22)8(13)4-3-5-17-12(15)16/h6-8H,3-5,13H2,1-2H3,(H2,14,20)(H,18,21)(H,19,22)(H4,15,16,17)/t6-,7-,8-/m0/s1. The second kappa shape index (κ2) is 9.55. The maximum atomic E-state index is 11.8. The molecule has 3 atom stereocenters. The number of aliphatic imine (C=N–C) groups is 1. The lowest BCUT2D eigenvalue weighted by molar-refractivity contribution is -0.131. The third kappa shape index (κ3) is 8.04. The summed E-state index contributed by atoms with van der Waals surface area (Å²) in [6.45, 7) is 3.30. The van der Waals surface area contributed by atoms with Gasteiger partial charge in [0, 0.05) is 6.54 Å². The fraction of sp³-hybridized carbons (Fsp3) is 0.667. The molecule has 10 heteroatoms. The number of primary amides is 1. The molecule has 10 nitrogen and oxygen atoms in total. The number of carbonyl (C=O) groups is 3. The van der Waals surface area contributed by atoms with Gasteiger partial charge >= 0.3 is 0 Å². The quantitative estimate of drug-likeness (QED) is 0.148. The van der Waals surface area contributed by atoms with Gasteiger partial charge in [0.05, 0.1) is 6.04 Å². The van der Waals surface area contributed by atoms with E-state index in [-0.39, 0.29) is 5.96 Å². The highest BCUT2D eigenvalue weighted by Gasteiger charge is 2.21. The van der Waals surface area contributed by atoms with Crippen LogP contribution in [0.15, 0.2) is 4.99 Å². The zero-order chi connectivity index (χ0) is 17.3. The van der Waals surface area contributed by atoms with Crippen LogP contribution in [0.4, 0.5) is 0 Å². The Morgan fingerprint density at radius 2 is 1.55 bits per heavy atom. The van der Waals surface area contributed by atoms with Crippen molar-refractivity contribution in [3.63, 3.8) is 0 Å². The van der Waals surface area contributed by atoms with Crippen molar-refractivity contribution in [1.82, 2.24) is 10.6 Å². The summed E-state index contributed by atoms with van der Waals surface area (Å²) in [5.74, 6) is -1.68. The number of nitrogens with zero attached hydrogens (tertiary/aromatic N) is 1.